The number of para-hydroxylation sites is 1. The molecule has 0 spiro atoms. The molecule has 0 aliphatic carbocycles. The number of amides is 2. The molecule has 1 aliphatic rings. The van der Waals surface area contributed by atoms with Gasteiger partial charge in [0.1, 0.15) is 12.3 Å². The van der Waals surface area contributed by atoms with Gasteiger partial charge >= 0.3 is 0 Å². The number of fused-ring (bicyclic) bond motifs is 2. The van der Waals surface area contributed by atoms with Gasteiger partial charge in [0.15, 0.2) is 11.3 Å². The number of rotatable bonds is 5. The van der Waals surface area contributed by atoms with E-state index < -0.39 is 0 Å². The van der Waals surface area contributed by atoms with Crippen molar-refractivity contribution in [3.8, 4) is 5.75 Å². The van der Waals surface area contributed by atoms with Crippen LogP contribution in [-0.2, 0) is 4.79 Å². The molecule has 0 fully saturated rings. The van der Waals surface area contributed by atoms with Crippen LogP contribution in [-0.4, -0.2) is 30.4 Å². The standard InChI is InChI=1S/C22H20N2O4/c1-13(19-11-15-7-6-10-18(27-3)21(15)28-19)23-20(25)12-24-14(2)16-8-4-5-9-17(16)22(24)26/h4-11,13H,2,12H2,1,3H3,(H,23,25)/t13-/m0/s1. The number of benzene rings is 2. The summed E-state index contributed by atoms with van der Waals surface area (Å²) in [7, 11) is 1.58. The summed E-state index contributed by atoms with van der Waals surface area (Å²) in [5, 5.41) is 3.78. The van der Waals surface area contributed by atoms with Crippen molar-refractivity contribution >= 4 is 28.5 Å². The predicted molar refractivity (Wildman–Crippen MR) is 106 cm³/mol. The molecule has 142 valence electrons. The Kier molecular flexibility index (Phi) is 4.39. The van der Waals surface area contributed by atoms with Crippen molar-refractivity contribution < 1.29 is 18.7 Å². The maximum absolute atomic E-state index is 12.6. The van der Waals surface area contributed by atoms with Crippen LogP contribution in [0, 0.1) is 0 Å². The smallest absolute Gasteiger partial charge is 0.259 e. The van der Waals surface area contributed by atoms with Crippen LogP contribution in [0.5, 0.6) is 5.75 Å². The summed E-state index contributed by atoms with van der Waals surface area (Å²) >= 11 is 0. The molecule has 4 rings (SSSR count). The number of ether oxygens (including phenoxy) is 1. The molecule has 3 aromatic rings. The van der Waals surface area contributed by atoms with E-state index in [1.54, 1.807) is 19.2 Å². The van der Waals surface area contributed by atoms with E-state index in [1.807, 2.05) is 43.3 Å². The number of carbonyl (C=O) groups excluding carboxylic acids is 2. The Balaban J connectivity index is 1.47. The van der Waals surface area contributed by atoms with Gasteiger partial charge in [-0.05, 0) is 25.1 Å². The summed E-state index contributed by atoms with van der Waals surface area (Å²) in [6, 6.07) is 14.3. The molecule has 1 atom stereocenters. The van der Waals surface area contributed by atoms with E-state index in [9.17, 15) is 9.59 Å². The van der Waals surface area contributed by atoms with E-state index in [0.29, 0.717) is 28.4 Å². The number of nitrogens with one attached hydrogen (secondary N) is 1. The van der Waals surface area contributed by atoms with Gasteiger partial charge in [-0.1, -0.05) is 36.9 Å². The van der Waals surface area contributed by atoms with Crippen molar-refractivity contribution in [2.75, 3.05) is 13.7 Å². The topological polar surface area (TPSA) is 71.8 Å². The fourth-order valence-electron chi connectivity index (χ4n) is 3.43. The Bertz CT molecular complexity index is 1060. The zero-order valence-corrected chi connectivity index (χ0v) is 15.7. The van der Waals surface area contributed by atoms with Crippen LogP contribution in [0.3, 0.4) is 0 Å². The van der Waals surface area contributed by atoms with Crippen LogP contribution >= 0.6 is 0 Å². The van der Waals surface area contributed by atoms with E-state index in [4.69, 9.17) is 9.15 Å². The van der Waals surface area contributed by atoms with Gasteiger partial charge in [0, 0.05) is 22.2 Å². The first-order valence-electron chi connectivity index (χ1n) is 8.95. The van der Waals surface area contributed by atoms with E-state index in [0.717, 1.165) is 10.9 Å². The molecule has 0 bridgehead atoms. The highest BCUT2D eigenvalue weighted by molar-refractivity contribution is 6.10. The van der Waals surface area contributed by atoms with Gasteiger partial charge in [-0.2, -0.15) is 0 Å². The number of methoxy groups -OCH3 is 1. The van der Waals surface area contributed by atoms with Crippen molar-refractivity contribution in [1.29, 1.82) is 0 Å². The van der Waals surface area contributed by atoms with Gasteiger partial charge in [-0.3, -0.25) is 14.5 Å². The first kappa shape index (κ1) is 17.9. The van der Waals surface area contributed by atoms with Gasteiger partial charge in [-0.15, -0.1) is 0 Å². The zero-order chi connectivity index (χ0) is 19.8. The third kappa shape index (κ3) is 2.93. The van der Waals surface area contributed by atoms with E-state index in [1.165, 1.54) is 4.90 Å². The number of hydrogen-bond donors (Lipinski definition) is 1. The highest BCUT2D eigenvalue weighted by atomic mass is 16.5. The van der Waals surface area contributed by atoms with Crippen LogP contribution in [0.1, 0.15) is 34.6 Å². The molecule has 0 unspecified atom stereocenters. The molecule has 2 heterocycles. The Morgan fingerprint density at radius 3 is 2.68 bits per heavy atom. The number of hydrogen-bond acceptors (Lipinski definition) is 4. The van der Waals surface area contributed by atoms with Gasteiger partial charge in [0.05, 0.1) is 13.2 Å². The minimum atomic E-state index is -0.363. The maximum Gasteiger partial charge on any atom is 0.259 e. The van der Waals surface area contributed by atoms with Gasteiger partial charge in [0.25, 0.3) is 5.91 Å². The molecule has 6 heteroatoms. The summed E-state index contributed by atoms with van der Waals surface area (Å²) < 4.78 is 11.2. The second-order valence-corrected chi connectivity index (χ2v) is 6.70. The van der Waals surface area contributed by atoms with Crippen molar-refractivity contribution in [3.05, 3.63) is 72.0 Å². The van der Waals surface area contributed by atoms with Crippen molar-refractivity contribution in [2.45, 2.75) is 13.0 Å². The molecule has 0 saturated carbocycles. The van der Waals surface area contributed by atoms with Gasteiger partial charge in [0.2, 0.25) is 5.91 Å². The van der Waals surface area contributed by atoms with Crippen molar-refractivity contribution in [1.82, 2.24) is 10.2 Å². The molecule has 0 saturated heterocycles. The first-order valence-corrected chi connectivity index (χ1v) is 8.95. The lowest BCUT2D eigenvalue weighted by Gasteiger charge is -2.18. The minimum Gasteiger partial charge on any atom is -0.493 e. The van der Waals surface area contributed by atoms with E-state index in [-0.39, 0.29) is 24.4 Å². The largest absolute Gasteiger partial charge is 0.493 e. The maximum atomic E-state index is 12.6. The molecular formula is C22H20N2O4. The molecule has 28 heavy (non-hydrogen) atoms. The van der Waals surface area contributed by atoms with Crippen molar-refractivity contribution in [3.63, 3.8) is 0 Å². The summed E-state index contributed by atoms with van der Waals surface area (Å²) in [6.45, 7) is 5.69. The lowest BCUT2D eigenvalue weighted by atomic mass is 10.1. The monoisotopic (exact) mass is 376 g/mol. The quantitative estimate of drug-likeness (QED) is 0.736. The van der Waals surface area contributed by atoms with E-state index >= 15 is 0 Å². The Morgan fingerprint density at radius 2 is 1.96 bits per heavy atom. The molecule has 1 aromatic heterocycles. The third-order valence-corrected chi connectivity index (χ3v) is 4.89. The highest BCUT2D eigenvalue weighted by Crippen LogP contribution is 2.32. The summed E-state index contributed by atoms with van der Waals surface area (Å²) in [4.78, 5) is 26.5. The Morgan fingerprint density at radius 1 is 1.21 bits per heavy atom. The van der Waals surface area contributed by atoms with Crippen LogP contribution < -0.4 is 10.1 Å². The summed E-state index contributed by atoms with van der Waals surface area (Å²) in [6.07, 6.45) is 0. The molecule has 1 N–H and O–H groups in total. The first-order chi connectivity index (χ1) is 13.5. The second-order valence-electron chi connectivity index (χ2n) is 6.70. The molecule has 1 aliphatic heterocycles. The predicted octanol–water partition coefficient (Wildman–Crippen LogP) is 3.75. The average molecular weight is 376 g/mol. The Labute approximate surface area is 162 Å². The lowest BCUT2D eigenvalue weighted by molar-refractivity contribution is -0.122. The van der Waals surface area contributed by atoms with Gasteiger partial charge < -0.3 is 14.5 Å². The molecule has 2 aromatic carbocycles. The molecule has 0 radical (unpaired) electrons. The van der Waals surface area contributed by atoms with Crippen molar-refractivity contribution in [2.24, 2.45) is 0 Å². The molecule has 6 nitrogen and oxygen atoms in total. The molecule has 2 amide bonds. The summed E-state index contributed by atoms with van der Waals surface area (Å²) in [5.41, 5.74) is 2.51. The number of furan rings is 1. The van der Waals surface area contributed by atoms with Crippen LogP contribution in [0.2, 0.25) is 0 Å². The van der Waals surface area contributed by atoms with E-state index in [2.05, 4.69) is 11.9 Å². The molecular weight excluding hydrogens is 356 g/mol. The van der Waals surface area contributed by atoms with Crippen LogP contribution in [0.4, 0.5) is 0 Å². The van der Waals surface area contributed by atoms with Gasteiger partial charge in [-0.25, -0.2) is 0 Å². The SMILES string of the molecule is C=C1c2ccccc2C(=O)N1CC(=O)N[C@@H](C)c1cc2cccc(OC)c2o1. The zero-order valence-electron chi connectivity index (χ0n) is 15.7. The van der Waals surface area contributed by atoms with Crippen LogP contribution in [0.25, 0.3) is 16.7 Å². The summed E-state index contributed by atoms with van der Waals surface area (Å²) in [5.74, 6) is 0.751. The minimum absolute atomic E-state index is 0.0970. The second kappa shape index (κ2) is 6.88. The lowest BCUT2D eigenvalue weighted by Crippen LogP contribution is -2.37. The average Bonchev–Trinajstić information content (AvgIpc) is 3.24. The van der Waals surface area contributed by atoms with Crippen LogP contribution in [0.15, 0.2) is 59.5 Å². The number of carbonyl (C=O) groups is 2. The highest BCUT2D eigenvalue weighted by Gasteiger charge is 2.32. The normalized spacial score (nSPS) is 14.3. The fraction of sp³-hybridized carbons (Fsp3) is 0.182. The third-order valence-electron chi connectivity index (χ3n) is 4.89. The fourth-order valence-corrected chi connectivity index (χ4v) is 3.43. The number of nitrogens with zero attached hydrogens (tertiary/aromatic N) is 1. The Hall–Kier alpha value is -3.54.